The van der Waals surface area contributed by atoms with Crippen LogP contribution in [0, 0.1) is 11.3 Å². The van der Waals surface area contributed by atoms with E-state index in [2.05, 4.69) is 11.4 Å². The van der Waals surface area contributed by atoms with Crippen molar-refractivity contribution in [3.63, 3.8) is 0 Å². The van der Waals surface area contributed by atoms with E-state index in [9.17, 15) is 0 Å². The second kappa shape index (κ2) is 4.59. The molecule has 0 spiro atoms. The summed E-state index contributed by atoms with van der Waals surface area (Å²) < 4.78 is 5.47. The van der Waals surface area contributed by atoms with E-state index >= 15 is 0 Å². The lowest BCUT2D eigenvalue weighted by atomic mass is 10.0. The highest BCUT2D eigenvalue weighted by atomic mass is 16.5. The summed E-state index contributed by atoms with van der Waals surface area (Å²) in [7, 11) is 0. The largest absolute Gasteiger partial charge is 0.377 e. The molecule has 2 atom stereocenters. The smallest absolute Gasteiger partial charge is 0.103 e. The fraction of sp³-hybridized carbons (Fsp3) is 0.900. The molecule has 0 radical (unpaired) electrons. The fourth-order valence-corrected chi connectivity index (χ4v) is 1.39. The summed E-state index contributed by atoms with van der Waals surface area (Å²) in [5.41, 5.74) is -0.383. The molecule has 0 aromatic heterocycles. The van der Waals surface area contributed by atoms with Crippen LogP contribution < -0.4 is 5.32 Å². The molecule has 13 heavy (non-hydrogen) atoms. The third-order valence-corrected chi connectivity index (χ3v) is 2.70. The molecule has 0 amide bonds. The van der Waals surface area contributed by atoms with Gasteiger partial charge in [-0.3, -0.25) is 5.32 Å². The molecule has 1 aliphatic heterocycles. The second-order valence-electron chi connectivity index (χ2n) is 3.81. The van der Waals surface area contributed by atoms with Crippen LogP contribution in [0.25, 0.3) is 0 Å². The van der Waals surface area contributed by atoms with Crippen LogP contribution in [0.3, 0.4) is 0 Å². The average molecular weight is 182 g/mol. The number of nitriles is 1. The van der Waals surface area contributed by atoms with Crippen molar-refractivity contribution < 1.29 is 4.74 Å². The van der Waals surface area contributed by atoms with Gasteiger partial charge in [0.1, 0.15) is 5.54 Å². The molecule has 3 nitrogen and oxygen atoms in total. The monoisotopic (exact) mass is 182 g/mol. The molecule has 0 saturated carbocycles. The van der Waals surface area contributed by atoms with Gasteiger partial charge in [-0.05, 0) is 26.2 Å². The highest BCUT2D eigenvalue weighted by molar-refractivity contribution is 5.03. The van der Waals surface area contributed by atoms with Crippen molar-refractivity contribution in [3.8, 4) is 6.07 Å². The maximum atomic E-state index is 8.91. The third kappa shape index (κ3) is 2.98. The Morgan fingerprint density at radius 3 is 2.92 bits per heavy atom. The van der Waals surface area contributed by atoms with Gasteiger partial charge >= 0.3 is 0 Å². The van der Waals surface area contributed by atoms with Gasteiger partial charge in [0, 0.05) is 13.2 Å². The van der Waals surface area contributed by atoms with Crippen LogP contribution in [-0.2, 0) is 4.74 Å². The second-order valence-corrected chi connectivity index (χ2v) is 3.81. The van der Waals surface area contributed by atoms with Gasteiger partial charge in [-0.25, -0.2) is 0 Å². The first kappa shape index (κ1) is 10.5. The zero-order valence-electron chi connectivity index (χ0n) is 8.47. The van der Waals surface area contributed by atoms with Gasteiger partial charge in [-0.1, -0.05) is 6.92 Å². The van der Waals surface area contributed by atoms with Crippen molar-refractivity contribution in [2.24, 2.45) is 0 Å². The number of rotatable bonds is 4. The Bertz CT molecular complexity index is 194. The van der Waals surface area contributed by atoms with Crippen LogP contribution in [0.15, 0.2) is 0 Å². The van der Waals surface area contributed by atoms with Crippen LogP contribution in [0.1, 0.15) is 33.1 Å². The summed E-state index contributed by atoms with van der Waals surface area (Å²) in [6.07, 6.45) is 3.43. The first-order chi connectivity index (χ1) is 6.20. The molecule has 1 rings (SSSR count). The summed E-state index contributed by atoms with van der Waals surface area (Å²) in [6.45, 7) is 5.63. The first-order valence-corrected chi connectivity index (χ1v) is 4.98. The molecule has 1 N–H and O–H groups in total. The molecule has 0 aromatic carbocycles. The predicted octanol–water partition coefficient (Wildman–Crippen LogP) is 1.45. The Morgan fingerprint density at radius 2 is 2.46 bits per heavy atom. The summed E-state index contributed by atoms with van der Waals surface area (Å²) in [5, 5.41) is 12.2. The lowest BCUT2D eigenvalue weighted by Gasteiger charge is -2.23. The van der Waals surface area contributed by atoms with E-state index in [1.807, 2.05) is 13.8 Å². The summed E-state index contributed by atoms with van der Waals surface area (Å²) >= 11 is 0. The zero-order chi connectivity index (χ0) is 9.73. The van der Waals surface area contributed by atoms with E-state index in [-0.39, 0.29) is 5.54 Å². The third-order valence-electron chi connectivity index (χ3n) is 2.70. The van der Waals surface area contributed by atoms with Crippen LogP contribution in [0.5, 0.6) is 0 Å². The van der Waals surface area contributed by atoms with Crippen molar-refractivity contribution >= 4 is 0 Å². The van der Waals surface area contributed by atoms with Gasteiger partial charge in [0.15, 0.2) is 0 Å². The Labute approximate surface area is 80.1 Å². The molecule has 0 aliphatic carbocycles. The van der Waals surface area contributed by atoms with E-state index in [0.717, 1.165) is 32.4 Å². The van der Waals surface area contributed by atoms with E-state index in [1.165, 1.54) is 0 Å². The minimum Gasteiger partial charge on any atom is -0.377 e. The van der Waals surface area contributed by atoms with Crippen molar-refractivity contribution in [2.75, 3.05) is 13.2 Å². The summed E-state index contributed by atoms with van der Waals surface area (Å²) in [5.74, 6) is 0. The number of hydrogen-bond donors (Lipinski definition) is 1. The molecular formula is C10H18N2O. The van der Waals surface area contributed by atoms with Crippen molar-refractivity contribution in [3.05, 3.63) is 0 Å². The molecule has 1 saturated heterocycles. The van der Waals surface area contributed by atoms with Crippen molar-refractivity contribution in [2.45, 2.75) is 44.8 Å². The molecule has 0 aromatic rings. The topological polar surface area (TPSA) is 45.0 Å². The molecular weight excluding hydrogens is 164 g/mol. The Kier molecular flexibility index (Phi) is 3.71. The quantitative estimate of drug-likeness (QED) is 0.715. The molecule has 3 heteroatoms. The highest BCUT2D eigenvalue weighted by Gasteiger charge is 2.23. The highest BCUT2D eigenvalue weighted by Crippen LogP contribution is 2.13. The standard InChI is InChI=1S/C10H18N2O/c1-3-10(2,8-11)12-7-9-5-4-6-13-9/h9,12H,3-7H2,1-2H3. The SMILES string of the molecule is CCC(C)(C#N)NCC1CCCO1. The van der Waals surface area contributed by atoms with Crippen molar-refractivity contribution in [1.29, 1.82) is 5.26 Å². The van der Waals surface area contributed by atoms with Gasteiger partial charge < -0.3 is 4.74 Å². The minimum atomic E-state index is -0.383. The van der Waals surface area contributed by atoms with Gasteiger partial charge in [-0.15, -0.1) is 0 Å². The molecule has 1 heterocycles. The van der Waals surface area contributed by atoms with E-state index in [4.69, 9.17) is 10.00 Å². The summed E-state index contributed by atoms with van der Waals surface area (Å²) in [6, 6.07) is 2.29. The van der Waals surface area contributed by atoms with E-state index in [0.29, 0.717) is 6.10 Å². The lowest BCUT2D eigenvalue weighted by molar-refractivity contribution is 0.105. The normalized spacial score (nSPS) is 26.7. The average Bonchev–Trinajstić information content (AvgIpc) is 2.67. The van der Waals surface area contributed by atoms with Crippen LogP contribution in [0.2, 0.25) is 0 Å². The van der Waals surface area contributed by atoms with Crippen LogP contribution in [0.4, 0.5) is 0 Å². The van der Waals surface area contributed by atoms with Crippen molar-refractivity contribution in [1.82, 2.24) is 5.32 Å². The van der Waals surface area contributed by atoms with Crippen LogP contribution in [-0.4, -0.2) is 24.8 Å². The lowest BCUT2D eigenvalue weighted by Crippen LogP contribution is -2.44. The first-order valence-electron chi connectivity index (χ1n) is 4.98. The minimum absolute atomic E-state index is 0.319. The Balaban J connectivity index is 2.27. The predicted molar refractivity (Wildman–Crippen MR) is 51.3 cm³/mol. The number of ether oxygens (including phenoxy) is 1. The number of nitrogens with zero attached hydrogens (tertiary/aromatic N) is 1. The maximum Gasteiger partial charge on any atom is 0.103 e. The molecule has 74 valence electrons. The van der Waals surface area contributed by atoms with Gasteiger partial charge in [0.05, 0.1) is 12.2 Å². The number of hydrogen-bond acceptors (Lipinski definition) is 3. The Hall–Kier alpha value is -0.590. The zero-order valence-corrected chi connectivity index (χ0v) is 8.47. The maximum absolute atomic E-state index is 8.91. The number of nitrogens with one attached hydrogen (secondary N) is 1. The van der Waals surface area contributed by atoms with Gasteiger partial charge in [0.25, 0.3) is 0 Å². The van der Waals surface area contributed by atoms with E-state index in [1.54, 1.807) is 0 Å². The molecule has 1 fully saturated rings. The summed E-state index contributed by atoms with van der Waals surface area (Å²) in [4.78, 5) is 0. The molecule has 2 unspecified atom stereocenters. The van der Waals surface area contributed by atoms with Gasteiger partial charge in [-0.2, -0.15) is 5.26 Å². The van der Waals surface area contributed by atoms with E-state index < -0.39 is 0 Å². The van der Waals surface area contributed by atoms with Gasteiger partial charge in [0.2, 0.25) is 0 Å². The Morgan fingerprint density at radius 1 is 1.69 bits per heavy atom. The molecule has 1 aliphatic rings. The van der Waals surface area contributed by atoms with Crippen LogP contribution >= 0.6 is 0 Å². The fourth-order valence-electron chi connectivity index (χ4n) is 1.39. The molecule has 0 bridgehead atoms.